The molecule has 98 valence electrons. The Bertz CT molecular complexity index is 439. The lowest BCUT2D eigenvalue weighted by Gasteiger charge is -2.27. The number of alkyl halides is 3. The topological polar surface area (TPSA) is 32.3 Å². The van der Waals surface area contributed by atoms with Gasteiger partial charge in [0.1, 0.15) is 0 Å². The minimum atomic E-state index is -4.42. The molecule has 1 aliphatic rings. The summed E-state index contributed by atoms with van der Waals surface area (Å²) in [5.74, 6) is -0.345. The van der Waals surface area contributed by atoms with Gasteiger partial charge in [-0.05, 0) is 18.2 Å². The van der Waals surface area contributed by atoms with Crippen molar-refractivity contribution in [1.82, 2.24) is 10.2 Å². The fourth-order valence-corrected chi connectivity index (χ4v) is 1.88. The van der Waals surface area contributed by atoms with E-state index in [0.29, 0.717) is 26.2 Å². The standard InChI is InChI=1S/C12H13F3N2O/c13-12(14,15)10-3-1-2-9(8-10)11(18)17-6-4-16-5-7-17/h1-3,8,16H,4-7H2. The Labute approximate surface area is 103 Å². The van der Waals surface area contributed by atoms with Crippen molar-refractivity contribution in [3.05, 3.63) is 35.4 Å². The van der Waals surface area contributed by atoms with E-state index in [-0.39, 0.29) is 11.5 Å². The van der Waals surface area contributed by atoms with Gasteiger partial charge in [0.15, 0.2) is 0 Å². The Morgan fingerprint density at radius 1 is 1.22 bits per heavy atom. The van der Waals surface area contributed by atoms with E-state index < -0.39 is 11.7 Å². The quantitative estimate of drug-likeness (QED) is 0.832. The lowest BCUT2D eigenvalue weighted by molar-refractivity contribution is -0.137. The molecule has 2 rings (SSSR count). The molecule has 1 saturated heterocycles. The Morgan fingerprint density at radius 2 is 1.89 bits per heavy atom. The van der Waals surface area contributed by atoms with Crippen LogP contribution in [0.3, 0.4) is 0 Å². The fourth-order valence-electron chi connectivity index (χ4n) is 1.88. The van der Waals surface area contributed by atoms with Crippen molar-refractivity contribution in [3.8, 4) is 0 Å². The zero-order valence-corrected chi connectivity index (χ0v) is 9.63. The smallest absolute Gasteiger partial charge is 0.336 e. The Balaban J connectivity index is 2.20. The highest BCUT2D eigenvalue weighted by Gasteiger charge is 2.31. The van der Waals surface area contributed by atoms with Crippen LogP contribution in [0.25, 0.3) is 0 Å². The van der Waals surface area contributed by atoms with E-state index in [4.69, 9.17) is 0 Å². The monoisotopic (exact) mass is 258 g/mol. The molecule has 1 heterocycles. The third-order valence-electron chi connectivity index (χ3n) is 2.84. The van der Waals surface area contributed by atoms with Crippen molar-refractivity contribution >= 4 is 5.91 Å². The summed E-state index contributed by atoms with van der Waals surface area (Å²) in [6, 6.07) is 4.55. The second-order valence-electron chi connectivity index (χ2n) is 4.12. The minimum Gasteiger partial charge on any atom is -0.336 e. The van der Waals surface area contributed by atoms with Crippen LogP contribution in [0.4, 0.5) is 13.2 Å². The van der Waals surface area contributed by atoms with Crippen LogP contribution in [0.5, 0.6) is 0 Å². The maximum absolute atomic E-state index is 12.5. The van der Waals surface area contributed by atoms with Gasteiger partial charge in [-0.25, -0.2) is 0 Å². The molecule has 0 atom stereocenters. The lowest BCUT2D eigenvalue weighted by Crippen LogP contribution is -2.46. The molecule has 0 radical (unpaired) electrons. The van der Waals surface area contributed by atoms with Gasteiger partial charge in [0.05, 0.1) is 5.56 Å². The molecule has 1 aromatic rings. The van der Waals surface area contributed by atoms with Gasteiger partial charge in [0, 0.05) is 31.7 Å². The van der Waals surface area contributed by atoms with Gasteiger partial charge in [-0.1, -0.05) is 6.07 Å². The fraction of sp³-hybridized carbons (Fsp3) is 0.417. The van der Waals surface area contributed by atoms with Gasteiger partial charge in [-0.15, -0.1) is 0 Å². The van der Waals surface area contributed by atoms with Crippen molar-refractivity contribution in [1.29, 1.82) is 0 Å². The minimum absolute atomic E-state index is 0.0896. The Hall–Kier alpha value is -1.56. The zero-order chi connectivity index (χ0) is 13.2. The third-order valence-corrected chi connectivity index (χ3v) is 2.84. The average Bonchev–Trinajstić information content (AvgIpc) is 2.38. The first-order valence-electron chi connectivity index (χ1n) is 5.66. The van der Waals surface area contributed by atoms with E-state index >= 15 is 0 Å². The maximum atomic E-state index is 12.5. The predicted octanol–water partition coefficient (Wildman–Crippen LogP) is 1.75. The SMILES string of the molecule is O=C(c1cccc(C(F)(F)F)c1)N1CCNCC1. The maximum Gasteiger partial charge on any atom is 0.416 e. The molecule has 0 saturated carbocycles. The van der Waals surface area contributed by atoms with Crippen LogP contribution < -0.4 is 5.32 Å². The molecule has 0 bridgehead atoms. The largest absolute Gasteiger partial charge is 0.416 e. The number of nitrogens with zero attached hydrogens (tertiary/aromatic N) is 1. The first-order valence-corrected chi connectivity index (χ1v) is 5.66. The number of benzene rings is 1. The Kier molecular flexibility index (Phi) is 3.56. The molecule has 0 unspecified atom stereocenters. The van der Waals surface area contributed by atoms with Gasteiger partial charge in [0.2, 0.25) is 0 Å². The van der Waals surface area contributed by atoms with Crippen LogP contribution in [0.15, 0.2) is 24.3 Å². The van der Waals surface area contributed by atoms with Gasteiger partial charge in [0.25, 0.3) is 5.91 Å². The van der Waals surface area contributed by atoms with Gasteiger partial charge >= 0.3 is 6.18 Å². The van der Waals surface area contributed by atoms with Gasteiger partial charge < -0.3 is 10.2 Å². The molecule has 18 heavy (non-hydrogen) atoms. The summed E-state index contributed by atoms with van der Waals surface area (Å²) >= 11 is 0. The van der Waals surface area contributed by atoms with Crippen LogP contribution in [0.2, 0.25) is 0 Å². The molecule has 3 nitrogen and oxygen atoms in total. The van der Waals surface area contributed by atoms with Crippen LogP contribution in [-0.4, -0.2) is 37.0 Å². The molecule has 0 aromatic heterocycles. The zero-order valence-electron chi connectivity index (χ0n) is 9.63. The molecule has 1 fully saturated rings. The molecule has 1 aliphatic heterocycles. The molecular formula is C12H13F3N2O. The van der Waals surface area contributed by atoms with Crippen LogP contribution >= 0.6 is 0 Å². The normalized spacial score (nSPS) is 16.7. The van der Waals surface area contributed by atoms with Crippen molar-refractivity contribution in [2.45, 2.75) is 6.18 Å². The molecule has 1 amide bonds. The van der Waals surface area contributed by atoms with Crippen LogP contribution in [0, 0.1) is 0 Å². The van der Waals surface area contributed by atoms with E-state index in [0.717, 1.165) is 12.1 Å². The van der Waals surface area contributed by atoms with Gasteiger partial charge in [-0.2, -0.15) is 13.2 Å². The molecular weight excluding hydrogens is 245 g/mol. The summed E-state index contributed by atoms with van der Waals surface area (Å²) in [4.78, 5) is 13.6. The van der Waals surface area contributed by atoms with Crippen molar-refractivity contribution in [2.24, 2.45) is 0 Å². The van der Waals surface area contributed by atoms with Crippen LogP contribution in [0.1, 0.15) is 15.9 Å². The number of nitrogens with one attached hydrogen (secondary N) is 1. The summed E-state index contributed by atoms with van der Waals surface area (Å²) in [7, 11) is 0. The Morgan fingerprint density at radius 3 is 2.50 bits per heavy atom. The highest BCUT2D eigenvalue weighted by Crippen LogP contribution is 2.29. The highest BCUT2D eigenvalue weighted by atomic mass is 19.4. The number of rotatable bonds is 1. The van der Waals surface area contributed by atoms with E-state index in [9.17, 15) is 18.0 Å². The van der Waals surface area contributed by atoms with E-state index in [1.165, 1.54) is 12.1 Å². The van der Waals surface area contributed by atoms with Crippen molar-refractivity contribution in [2.75, 3.05) is 26.2 Å². The number of carbonyl (C=O) groups is 1. The highest BCUT2D eigenvalue weighted by molar-refractivity contribution is 5.94. The molecule has 6 heteroatoms. The van der Waals surface area contributed by atoms with E-state index in [1.807, 2.05) is 0 Å². The number of hydrogen-bond donors (Lipinski definition) is 1. The number of hydrogen-bond acceptors (Lipinski definition) is 2. The van der Waals surface area contributed by atoms with Gasteiger partial charge in [-0.3, -0.25) is 4.79 Å². The van der Waals surface area contributed by atoms with Crippen LogP contribution in [-0.2, 0) is 6.18 Å². The number of carbonyl (C=O) groups excluding carboxylic acids is 1. The first kappa shape index (κ1) is 12.9. The third kappa shape index (κ3) is 2.81. The molecule has 1 N–H and O–H groups in total. The summed E-state index contributed by atoms with van der Waals surface area (Å²) in [6.45, 7) is 2.39. The lowest BCUT2D eigenvalue weighted by atomic mass is 10.1. The number of piperazine rings is 1. The van der Waals surface area contributed by atoms with E-state index in [2.05, 4.69) is 5.32 Å². The predicted molar refractivity (Wildman–Crippen MR) is 60.2 cm³/mol. The molecule has 1 aromatic carbocycles. The molecule has 0 spiro atoms. The summed E-state index contributed by atoms with van der Waals surface area (Å²) in [5, 5.41) is 3.08. The molecule has 0 aliphatic carbocycles. The number of amides is 1. The number of halogens is 3. The van der Waals surface area contributed by atoms with Crippen molar-refractivity contribution in [3.63, 3.8) is 0 Å². The summed E-state index contributed by atoms with van der Waals surface area (Å²) < 4.78 is 37.6. The summed E-state index contributed by atoms with van der Waals surface area (Å²) in [6.07, 6.45) is -4.42. The van der Waals surface area contributed by atoms with E-state index in [1.54, 1.807) is 4.90 Å². The second kappa shape index (κ2) is 4.97. The summed E-state index contributed by atoms with van der Waals surface area (Å²) in [5.41, 5.74) is -0.699. The second-order valence-corrected chi connectivity index (χ2v) is 4.12. The first-order chi connectivity index (χ1) is 8.48. The average molecular weight is 258 g/mol. The van der Waals surface area contributed by atoms with Crippen molar-refractivity contribution < 1.29 is 18.0 Å².